The Labute approximate surface area is 150 Å². The van der Waals surface area contributed by atoms with Crippen molar-refractivity contribution in [2.24, 2.45) is 5.41 Å². The summed E-state index contributed by atoms with van der Waals surface area (Å²) in [6, 6.07) is 7.98. The third-order valence-corrected chi connectivity index (χ3v) is 5.42. The van der Waals surface area contributed by atoms with Crippen LogP contribution in [0, 0.1) is 5.41 Å². The van der Waals surface area contributed by atoms with Gasteiger partial charge in [-0.25, -0.2) is 0 Å². The number of hydrogen-bond acceptors (Lipinski definition) is 4. The molecule has 0 aromatic heterocycles. The van der Waals surface area contributed by atoms with Crippen molar-refractivity contribution in [1.82, 2.24) is 9.80 Å². The van der Waals surface area contributed by atoms with Crippen LogP contribution in [0.4, 0.5) is 0 Å². The van der Waals surface area contributed by atoms with Crippen molar-refractivity contribution < 1.29 is 14.6 Å². The zero-order valence-electron chi connectivity index (χ0n) is 15.2. The van der Waals surface area contributed by atoms with Crippen LogP contribution < -0.4 is 4.74 Å². The van der Waals surface area contributed by atoms with E-state index < -0.39 is 0 Å². The predicted octanol–water partition coefficient (Wildman–Crippen LogP) is 2.28. The van der Waals surface area contributed by atoms with E-state index >= 15 is 0 Å². The molecule has 2 aliphatic heterocycles. The van der Waals surface area contributed by atoms with Crippen LogP contribution in [-0.4, -0.2) is 60.2 Å². The second kappa shape index (κ2) is 8.19. The first-order chi connectivity index (χ1) is 12.1. The summed E-state index contributed by atoms with van der Waals surface area (Å²) in [6.45, 7) is 6.94. The summed E-state index contributed by atoms with van der Waals surface area (Å²) < 4.78 is 5.86. The number of benzene rings is 1. The van der Waals surface area contributed by atoms with Crippen molar-refractivity contribution in [3.05, 3.63) is 29.8 Å². The number of ether oxygens (including phenoxy) is 1. The summed E-state index contributed by atoms with van der Waals surface area (Å²) >= 11 is 0. The number of piperidine rings is 1. The number of para-hydroxylation sites is 1. The minimum absolute atomic E-state index is 0.0141. The lowest BCUT2D eigenvalue weighted by Crippen LogP contribution is -2.43. The Bertz CT molecular complexity index is 586. The molecule has 0 spiro atoms. The zero-order chi connectivity index (χ0) is 17.7. The van der Waals surface area contributed by atoms with E-state index in [2.05, 4.69) is 17.9 Å². The predicted molar refractivity (Wildman–Crippen MR) is 97.5 cm³/mol. The summed E-state index contributed by atoms with van der Waals surface area (Å²) in [5.41, 5.74) is 1.10. The van der Waals surface area contributed by atoms with Crippen LogP contribution in [0.25, 0.3) is 0 Å². The Morgan fingerprint density at radius 1 is 1.20 bits per heavy atom. The van der Waals surface area contributed by atoms with Crippen LogP contribution in [0.1, 0.15) is 38.2 Å². The minimum atomic E-state index is -0.0141. The SMILES string of the molecule is CC1(CO)CCCN(Cc2ccccc2OCC(=O)N2CCCC2)C1. The lowest BCUT2D eigenvalue weighted by molar-refractivity contribution is -0.132. The van der Waals surface area contributed by atoms with Crippen molar-refractivity contribution in [3.8, 4) is 5.75 Å². The van der Waals surface area contributed by atoms with Crippen LogP contribution in [0.5, 0.6) is 5.75 Å². The fourth-order valence-corrected chi connectivity index (χ4v) is 3.90. The average Bonchev–Trinajstić information content (AvgIpc) is 3.16. The smallest absolute Gasteiger partial charge is 0.260 e. The van der Waals surface area contributed by atoms with E-state index in [9.17, 15) is 9.90 Å². The highest BCUT2D eigenvalue weighted by molar-refractivity contribution is 5.78. The molecular weight excluding hydrogens is 316 g/mol. The largest absolute Gasteiger partial charge is 0.483 e. The van der Waals surface area contributed by atoms with Gasteiger partial charge in [-0.1, -0.05) is 25.1 Å². The van der Waals surface area contributed by atoms with Gasteiger partial charge < -0.3 is 14.7 Å². The molecule has 5 nitrogen and oxygen atoms in total. The summed E-state index contributed by atoms with van der Waals surface area (Å²) in [5.74, 6) is 0.879. The van der Waals surface area contributed by atoms with Gasteiger partial charge in [0.05, 0.1) is 0 Å². The molecule has 1 aromatic carbocycles. The van der Waals surface area contributed by atoms with Gasteiger partial charge in [-0.15, -0.1) is 0 Å². The van der Waals surface area contributed by atoms with Gasteiger partial charge in [0, 0.05) is 43.8 Å². The highest BCUT2D eigenvalue weighted by atomic mass is 16.5. The topological polar surface area (TPSA) is 53.0 Å². The molecule has 2 heterocycles. The highest BCUT2D eigenvalue weighted by Gasteiger charge is 2.30. The molecule has 5 heteroatoms. The van der Waals surface area contributed by atoms with E-state index in [-0.39, 0.29) is 24.5 Å². The number of rotatable bonds is 6. The second-order valence-electron chi connectivity index (χ2n) is 7.77. The summed E-state index contributed by atoms with van der Waals surface area (Å²) in [7, 11) is 0. The molecule has 3 rings (SSSR count). The second-order valence-corrected chi connectivity index (χ2v) is 7.77. The molecule has 0 radical (unpaired) electrons. The van der Waals surface area contributed by atoms with E-state index in [0.29, 0.717) is 0 Å². The van der Waals surface area contributed by atoms with Gasteiger partial charge >= 0.3 is 0 Å². The van der Waals surface area contributed by atoms with Crippen LogP contribution in [0.3, 0.4) is 0 Å². The van der Waals surface area contributed by atoms with Crippen LogP contribution in [0.2, 0.25) is 0 Å². The fourth-order valence-electron chi connectivity index (χ4n) is 3.90. The third-order valence-electron chi connectivity index (χ3n) is 5.42. The number of amides is 1. The number of nitrogens with zero attached hydrogens (tertiary/aromatic N) is 2. The number of aliphatic hydroxyl groups is 1. The molecule has 138 valence electrons. The van der Waals surface area contributed by atoms with E-state index in [1.807, 2.05) is 23.1 Å². The van der Waals surface area contributed by atoms with Gasteiger partial charge in [-0.3, -0.25) is 9.69 Å². The van der Waals surface area contributed by atoms with Crippen molar-refractivity contribution in [1.29, 1.82) is 0 Å². The van der Waals surface area contributed by atoms with E-state index in [0.717, 1.165) is 69.7 Å². The summed E-state index contributed by atoms with van der Waals surface area (Å²) in [4.78, 5) is 16.5. The van der Waals surface area contributed by atoms with E-state index in [1.165, 1.54) is 0 Å². The van der Waals surface area contributed by atoms with Crippen LogP contribution in [-0.2, 0) is 11.3 Å². The molecule has 0 saturated carbocycles. The van der Waals surface area contributed by atoms with Crippen molar-refractivity contribution >= 4 is 5.91 Å². The van der Waals surface area contributed by atoms with E-state index in [4.69, 9.17) is 4.74 Å². The van der Waals surface area contributed by atoms with Gasteiger partial charge in [-0.2, -0.15) is 0 Å². The molecule has 2 fully saturated rings. The van der Waals surface area contributed by atoms with Gasteiger partial charge in [0.1, 0.15) is 5.75 Å². The molecule has 1 atom stereocenters. The monoisotopic (exact) mass is 346 g/mol. The van der Waals surface area contributed by atoms with Gasteiger partial charge in [0.15, 0.2) is 6.61 Å². The Hall–Kier alpha value is -1.59. The molecule has 1 N–H and O–H groups in total. The first-order valence-corrected chi connectivity index (χ1v) is 9.41. The molecule has 25 heavy (non-hydrogen) atoms. The maximum absolute atomic E-state index is 12.2. The molecule has 1 unspecified atom stereocenters. The van der Waals surface area contributed by atoms with Gasteiger partial charge in [0.25, 0.3) is 5.91 Å². The third kappa shape index (κ3) is 4.73. The van der Waals surface area contributed by atoms with Gasteiger partial charge in [0.2, 0.25) is 0 Å². The molecule has 1 amide bonds. The first-order valence-electron chi connectivity index (χ1n) is 9.41. The first kappa shape index (κ1) is 18.2. The quantitative estimate of drug-likeness (QED) is 0.859. The molecular formula is C20H30N2O3. The Kier molecular flexibility index (Phi) is 5.97. The van der Waals surface area contributed by atoms with Gasteiger partial charge in [-0.05, 0) is 38.3 Å². The van der Waals surface area contributed by atoms with Crippen molar-refractivity contribution in [2.45, 2.75) is 39.2 Å². The zero-order valence-corrected chi connectivity index (χ0v) is 15.2. The van der Waals surface area contributed by atoms with E-state index in [1.54, 1.807) is 0 Å². The Morgan fingerprint density at radius 3 is 2.72 bits per heavy atom. The summed E-state index contributed by atoms with van der Waals surface area (Å²) in [6.07, 6.45) is 4.37. The van der Waals surface area contributed by atoms with Crippen LogP contribution >= 0.6 is 0 Å². The van der Waals surface area contributed by atoms with Crippen molar-refractivity contribution in [3.63, 3.8) is 0 Å². The lowest BCUT2D eigenvalue weighted by atomic mass is 9.82. The minimum Gasteiger partial charge on any atom is -0.483 e. The Morgan fingerprint density at radius 2 is 1.96 bits per heavy atom. The number of aliphatic hydroxyl groups excluding tert-OH is 1. The standard InChI is InChI=1S/C20H30N2O3/c1-20(16-23)9-6-10-21(15-20)13-17-7-2-3-8-18(17)25-14-19(24)22-11-4-5-12-22/h2-3,7-8,23H,4-6,9-16H2,1H3. The lowest BCUT2D eigenvalue weighted by Gasteiger charge is -2.39. The number of likely N-dealkylation sites (tertiary alicyclic amines) is 2. The maximum Gasteiger partial charge on any atom is 0.260 e. The molecule has 1 aromatic rings. The fraction of sp³-hybridized carbons (Fsp3) is 0.650. The van der Waals surface area contributed by atoms with Crippen LogP contribution in [0.15, 0.2) is 24.3 Å². The normalized spacial score (nSPS) is 24.5. The Balaban J connectivity index is 1.59. The number of hydrogen-bond donors (Lipinski definition) is 1. The molecule has 2 saturated heterocycles. The highest BCUT2D eigenvalue weighted by Crippen LogP contribution is 2.30. The summed E-state index contributed by atoms with van der Waals surface area (Å²) in [5, 5.41) is 9.64. The number of carbonyl (C=O) groups is 1. The average molecular weight is 346 g/mol. The molecule has 2 aliphatic rings. The molecule has 0 bridgehead atoms. The van der Waals surface area contributed by atoms with Crippen molar-refractivity contribution in [2.75, 3.05) is 39.4 Å². The molecule has 0 aliphatic carbocycles. The number of carbonyl (C=O) groups excluding carboxylic acids is 1. The maximum atomic E-state index is 12.2.